The van der Waals surface area contributed by atoms with Crippen LogP contribution in [0, 0.1) is 6.92 Å². The number of carbonyl (C=O) groups excluding carboxylic acids is 2. The summed E-state index contributed by atoms with van der Waals surface area (Å²) in [7, 11) is 2.86. The van der Waals surface area contributed by atoms with Crippen LogP contribution in [0.4, 0.5) is 0 Å². The minimum absolute atomic E-state index is 0.125. The number of hydroxylamine groups is 2. The van der Waals surface area contributed by atoms with E-state index in [0.29, 0.717) is 5.56 Å². The molecule has 0 atom stereocenters. The number of hydrogen-bond donors (Lipinski definition) is 1. The monoisotopic (exact) mass is 236 g/mol. The average molecular weight is 236 g/mol. The summed E-state index contributed by atoms with van der Waals surface area (Å²) >= 11 is 0. The predicted octanol–water partition coefficient (Wildman–Crippen LogP) is 0.745. The van der Waals surface area contributed by atoms with Crippen molar-refractivity contribution in [3.8, 4) is 0 Å². The van der Waals surface area contributed by atoms with Crippen LogP contribution in [0.5, 0.6) is 0 Å². The predicted molar refractivity (Wildman–Crippen MR) is 63.3 cm³/mol. The van der Waals surface area contributed by atoms with Gasteiger partial charge in [-0.25, -0.2) is 5.06 Å². The van der Waals surface area contributed by atoms with Gasteiger partial charge in [0.25, 0.3) is 5.91 Å². The molecule has 1 aromatic rings. The van der Waals surface area contributed by atoms with Crippen molar-refractivity contribution in [2.45, 2.75) is 6.92 Å². The molecule has 1 rings (SSSR count). The second-order valence-electron chi connectivity index (χ2n) is 3.56. The maximum atomic E-state index is 12.0. The number of likely N-dealkylation sites (N-methyl/N-ethyl adjacent to an activating group) is 1. The van der Waals surface area contributed by atoms with Crippen molar-refractivity contribution in [2.24, 2.45) is 0 Å². The SMILES string of the molecule is CNC(=O)CN(OC)C(=O)c1ccc(C)cc1. The fourth-order valence-corrected chi connectivity index (χ4v) is 1.27. The molecule has 1 aromatic carbocycles. The first-order valence-electron chi connectivity index (χ1n) is 5.21. The van der Waals surface area contributed by atoms with Gasteiger partial charge in [-0.05, 0) is 19.1 Å². The Kier molecular flexibility index (Phi) is 4.66. The van der Waals surface area contributed by atoms with E-state index >= 15 is 0 Å². The van der Waals surface area contributed by atoms with Crippen LogP contribution in [0.2, 0.25) is 0 Å². The fourth-order valence-electron chi connectivity index (χ4n) is 1.27. The Morgan fingerprint density at radius 3 is 2.35 bits per heavy atom. The molecule has 0 aromatic heterocycles. The van der Waals surface area contributed by atoms with Crippen molar-refractivity contribution < 1.29 is 14.4 Å². The van der Waals surface area contributed by atoms with E-state index in [0.717, 1.165) is 10.6 Å². The van der Waals surface area contributed by atoms with Crippen molar-refractivity contribution in [1.82, 2.24) is 10.4 Å². The molecule has 0 aliphatic carbocycles. The average Bonchev–Trinajstić information content (AvgIpc) is 2.35. The second kappa shape index (κ2) is 6.00. The molecule has 5 nitrogen and oxygen atoms in total. The van der Waals surface area contributed by atoms with Crippen LogP contribution in [0.1, 0.15) is 15.9 Å². The third-order valence-corrected chi connectivity index (χ3v) is 2.31. The van der Waals surface area contributed by atoms with Gasteiger partial charge in [0.1, 0.15) is 6.54 Å². The third-order valence-electron chi connectivity index (χ3n) is 2.31. The Bertz CT molecular complexity index is 401. The van der Waals surface area contributed by atoms with Crippen LogP contribution in [-0.2, 0) is 9.63 Å². The zero-order valence-electron chi connectivity index (χ0n) is 10.2. The lowest BCUT2D eigenvalue weighted by Gasteiger charge is -2.18. The van der Waals surface area contributed by atoms with Crippen molar-refractivity contribution in [3.05, 3.63) is 35.4 Å². The second-order valence-corrected chi connectivity index (χ2v) is 3.56. The maximum Gasteiger partial charge on any atom is 0.277 e. The summed E-state index contributed by atoms with van der Waals surface area (Å²) in [5, 5.41) is 3.45. The van der Waals surface area contributed by atoms with Gasteiger partial charge in [0, 0.05) is 12.6 Å². The Labute approximate surface area is 100 Å². The number of hydrogen-bond acceptors (Lipinski definition) is 3. The zero-order chi connectivity index (χ0) is 12.8. The quantitative estimate of drug-likeness (QED) is 0.785. The molecule has 17 heavy (non-hydrogen) atoms. The summed E-state index contributed by atoms with van der Waals surface area (Å²) in [5.74, 6) is -0.622. The van der Waals surface area contributed by atoms with Crippen molar-refractivity contribution in [1.29, 1.82) is 0 Å². The number of carbonyl (C=O) groups is 2. The summed E-state index contributed by atoms with van der Waals surface area (Å²) in [6.45, 7) is 1.81. The largest absolute Gasteiger partial charge is 0.358 e. The van der Waals surface area contributed by atoms with Crippen LogP contribution < -0.4 is 5.32 Å². The Hall–Kier alpha value is -1.88. The number of nitrogens with zero attached hydrogens (tertiary/aromatic N) is 1. The lowest BCUT2D eigenvalue weighted by atomic mass is 10.1. The summed E-state index contributed by atoms with van der Waals surface area (Å²) in [4.78, 5) is 28.0. The number of benzene rings is 1. The molecule has 0 aliphatic rings. The van der Waals surface area contributed by atoms with Crippen molar-refractivity contribution >= 4 is 11.8 Å². The molecule has 0 radical (unpaired) electrons. The molecule has 0 aliphatic heterocycles. The molecule has 5 heteroatoms. The lowest BCUT2D eigenvalue weighted by Crippen LogP contribution is -2.38. The number of nitrogens with one attached hydrogen (secondary N) is 1. The van der Waals surface area contributed by atoms with Crippen LogP contribution in [0.25, 0.3) is 0 Å². The number of rotatable bonds is 4. The molecule has 0 saturated heterocycles. The first-order chi connectivity index (χ1) is 8.08. The highest BCUT2D eigenvalue weighted by molar-refractivity contribution is 5.95. The van der Waals surface area contributed by atoms with Gasteiger partial charge in [0.2, 0.25) is 5.91 Å². The minimum atomic E-state index is -0.337. The molecule has 1 N–H and O–H groups in total. The molecule has 0 fully saturated rings. The van der Waals surface area contributed by atoms with Gasteiger partial charge in [-0.15, -0.1) is 0 Å². The Morgan fingerprint density at radius 1 is 1.29 bits per heavy atom. The van der Waals surface area contributed by atoms with E-state index in [1.54, 1.807) is 12.1 Å². The highest BCUT2D eigenvalue weighted by atomic mass is 16.7. The fraction of sp³-hybridized carbons (Fsp3) is 0.333. The normalized spacial score (nSPS) is 9.82. The van der Waals surface area contributed by atoms with Crippen molar-refractivity contribution in [3.63, 3.8) is 0 Å². The molecule has 0 spiro atoms. The van der Waals surface area contributed by atoms with Gasteiger partial charge in [0.15, 0.2) is 0 Å². The molecule has 0 bridgehead atoms. The van der Waals surface area contributed by atoms with Crippen molar-refractivity contribution in [2.75, 3.05) is 20.7 Å². The standard InChI is InChI=1S/C12H16N2O3/c1-9-4-6-10(7-5-9)12(16)14(17-3)8-11(15)13-2/h4-7H,8H2,1-3H3,(H,13,15). The lowest BCUT2D eigenvalue weighted by molar-refractivity contribution is -0.136. The van der Waals surface area contributed by atoms with Crippen LogP contribution >= 0.6 is 0 Å². The van der Waals surface area contributed by atoms with E-state index in [2.05, 4.69) is 5.32 Å². The minimum Gasteiger partial charge on any atom is -0.358 e. The van der Waals surface area contributed by atoms with Gasteiger partial charge in [0.05, 0.1) is 7.11 Å². The van der Waals surface area contributed by atoms with E-state index in [1.165, 1.54) is 14.2 Å². The van der Waals surface area contributed by atoms with Crippen LogP contribution in [0.3, 0.4) is 0 Å². The highest BCUT2D eigenvalue weighted by Crippen LogP contribution is 2.07. The molecule has 0 heterocycles. The molecular weight excluding hydrogens is 220 g/mol. The summed E-state index contributed by atoms with van der Waals surface area (Å²) in [5.41, 5.74) is 1.55. The number of amides is 2. The maximum absolute atomic E-state index is 12.0. The molecule has 92 valence electrons. The van der Waals surface area contributed by atoms with E-state index < -0.39 is 0 Å². The molecular formula is C12H16N2O3. The topological polar surface area (TPSA) is 58.6 Å². The smallest absolute Gasteiger partial charge is 0.277 e. The number of aryl methyl sites for hydroxylation is 1. The van der Waals surface area contributed by atoms with Gasteiger partial charge < -0.3 is 5.32 Å². The molecule has 0 saturated carbocycles. The third kappa shape index (κ3) is 3.57. The van der Waals surface area contributed by atoms with E-state index in [4.69, 9.17) is 4.84 Å². The Balaban J connectivity index is 2.78. The van der Waals surface area contributed by atoms with Crippen LogP contribution in [-0.4, -0.2) is 37.6 Å². The van der Waals surface area contributed by atoms with Gasteiger partial charge >= 0.3 is 0 Å². The van der Waals surface area contributed by atoms with E-state index in [1.807, 2.05) is 19.1 Å². The molecule has 0 unspecified atom stereocenters. The van der Waals surface area contributed by atoms with Gasteiger partial charge in [-0.2, -0.15) is 0 Å². The first kappa shape index (κ1) is 13.2. The van der Waals surface area contributed by atoms with E-state index in [-0.39, 0.29) is 18.4 Å². The summed E-state index contributed by atoms with van der Waals surface area (Å²) < 4.78 is 0. The zero-order valence-corrected chi connectivity index (χ0v) is 10.2. The summed E-state index contributed by atoms with van der Waals surface area (Å²) in [6, 6.07) is 7.07. The van der Waals surface area contributed by atoms with Crippen LogP contribution in [0.15, 0.2) is 24.3 Å². The van der Waals surface area contributed by atoms with Gasteiger partial charge in [-0.3, -0.25) is 14.4 Å². The molecule has 2 amide bonds. The van der Waals surface area contributed by atoms with Gasteiger partial charge in [-0.1, -0.05) is 17.7 Å². The van der Waals surface area contributed by atoms with E-state index in [9.17, 15) is 9.59 Å². The Morgan fingerprint density at radius 2 is 1.88 bits per heavy atom. The first-order valence-corrected chi connectivity index (χ1v) is 5.21. The summed E-state index contributed by atoms with van der Waals surface area (Å²) in [6.07, 6.45) is 0. The highest BCUT2D eigenvalue weighted by Gasteiger charge is 2.17.